The van der Waals surface area contributed by atoms with E-state index in [1.54, 1.807) is 0 Å². The van der Waals surface area contributed by atoms with Gasteiger partial charge in [0, 0.05) is 82.0 Å². The lowest BCUT2D eigenvalue weighted by Gasteiger charge is -2.46. The van der Waals surface area contributed by atoms with E-state index in [0.29, 0.717) is 0 Å². The fraction of sp³-hybridized carbons (Fsp3) is 0.124. The summed E-state index contributed by atoms with van der Waals surface area (Å²) in [6.07, 6.45) is 0. The van der Waals surface area contributed by atoms with Crippen molar-refractivity contribution in [1.29, 1.82) is 0 Å². The van der Waals surface area contributed by atoms with Crippen LogP contribution in [-0.4, -0.2) is 15.8 Å². The molecule has 2 aliphatic rings. The van der Waals surface area contributed by atoms with Gasteiger partial charge in [-0.3, -0.25) is 0 Å². The molecule has 0 bridgehead atoms. The Morgan fingerprint density at radius 3 is 1.00 bits per heavy atom. The van der Waals surface area contributed by atoms with Crippen LogP contribution in [0.3, 0.4) is 0 Å². The summed E-state index contributed by atoms with van der Waals surface area (Å²) in [5.41, 5.74) is 28.0. The van der Waals surface area contributed by atoms with Crippen molar-refractivity contribution in [3.63, 3.8) is 0 Å². The van der Waals surface area contributed by atoms with Crippen LogP contribution in [0.15, 0.2) is 279 Å². The first-order chi connectivity index (χ1) is 46.9. The summed E-state index contributed by atoms with van der Waals surface area (Å²) in [4.78, 5) is 4.96. The Morgan fingerprint density at radius 1 is 0.309 bits per heavy atom. The molecule has 4 nitrogen and oxygen atoms in total. The molecular formula is C89H73BN4. The lowest BCUT2D eigenvalue weighted by molar-refractivity contribution is 0.590. The van der Waals surface area contributed by atoms with Crippen molar-refractivity contribution >= 4 is 101 Å². The van der Waals surface area contributed by atoms with Crippen LogP contribution in [0.5, 0.6) is 0 Å². The number of rotatable bonds is 8. The zero-order chi connectivity index (χ0) is 66.4. The average Bonchev–Trinajstić information content (AvgIpc) is 1.57. The molecule has 0 unspecified atom stereocenters. The number of hydrogen-bond acceptors (Lipinski definition) is 2. The summed E-state index contributed by atoms with van der Waals surface area (Å²) in [6.45, 7) is 15.2. The molecule has 2 aliphatic heterocycles. The van der Waals surface area contributed by atoms with Gasteiger partial charge >= 0.3 is 0 Å². The maximum absolute atomic E-state index is 9.85. The third kappa shape index (κ3) is 9.11. The van der Waals surface area contributed by atoms with E-state index in [-0.39, 0.29) is 16.4 Å². The summed E-state index contributed by atoms with van der Waals surface area (Å²) >= 11 is 0. The molecule has 0 amide bonds. The van der Waals surface area contributed by atoms with E-state index < -0.39 is 13.6 Å². The number of nitrogens with zero attached hydrogens (tertiary/aromatic N) is 4. The van der Waals surface area contributed by atoms with Gasteiger partial charge in [-0.2, -0.15) is 0 Å². The van der Waals surface area contributed by atoms with E-state index in [1.165, 1.54) is 43.8 Å². The van der Waals surface area contributed by atoms with Gasteiger partial charge in [-0.1, -0.05) is 235 Å². The monoisotopic (exact) mass is 1210 g/mol. The van der Waals surface area contributed by atoms with Gasteiger partial charge < -0.3 is 18.9 Å². The number of benzene rings is 13. The molecule has 0 fully saturated rings. The highest BCUT2D eigenvalue weighted by Crippen LogP contribution is 2.55. The van der Waals surface area contributed by atoms with Crippen LogP contribution < -0.4 is 26.2 Å². The van der Waals surface area contributed by atoms with E-state index in [4.69, 9.17) is 0 Å². The second-order valence-electron chi connectivity index (χ2n) is 28.1. The molecule has 0 atom stereocenters. The van der Waals surface area contributed by atoms with Gasteiger partial charge in [0.15, 0.2) is 0 Å². The van der Waals surface area contributed by atoms with Crippen LogP contribution in [0, 0.1) is 20.7 Å². The van der Waals surface area contributed by atoms with Gasteiger partial charge in [-0.25, -0.2) is 0 Å². The minimum absolute atomic E-state index is 0.243. The fourth-order valence-corrected chi connectivity index (χ4v) is 15.4. The van der Waals surface area contributed by atoms with Gasteiger partial charge in [-0.15, -0.1) is 0 Å². The highest BCUT2D eigenvalue weighted by atomic mass is 15.2. The Morgan fingerprint density at radius 2 is 0.649 bits per heavy atom. The van der Waals surface area contributed by atoms with Crippen molar-refractivity contribution in [3.05, 3.63) is 307 Å². The Balaban J connectivity index is 1.07. The van der Waals surface area contributed by atoms with Gasteiger partial charge in [0.1, 0.15) is 0 Å². The molecular weight excluding hydrogens is 1140 g/mol. The lowest BCUT2D eigenvalue weighted by Crippen LogP contribution is -2.61. The first-order valence-electron chi connectivity index (χ1n) is 34.5. The highest BCUT2D eigenvalue weighted by Gasteiger charge is 2.46. The number of para-hydroxylation sites is 2. The smallest absolute Gasteiger partial charge is 0.252 e. The number of anilines is 6. The molecule has 2 aromatic heterocycles. The molecule has 15 aromatic rings. The topological polar surface area (TPSA) is 16.3 Å². The van der Waals surface area contributed by atoms with E-state index >= 15 is 0 Å². The largest absolute Gasteiger partial charge is 0.310 e. The Labute approximate surface area is 556 Å². The molecule has 0 radical (unpaired) electrons. The second-order valence-corrected chi connectivity index (χ2v) is 28.1. The van der Waals surface area contributed by atoms with Crippen LogP contribution in [-0.2, 0) is 10.8 Å². The average molecular weight is 1210 g/mol. The van der Waals surface area contributed by atoms with Crippen LogP contribution in [0.4, 0.5) is 34.1 Å². The van der Waals surface area contributed by atoms with Crippen molar-refractivity contribution in [2.75, 3.05) is 9.80 Å². The molecule has 94 heavy (non-hydrogen) atoms. The maximum atomic E-state index is 9.85. The zero-order valence-corrected chi connectivity index (χ0v) is 54.4. The summed E-state index contributed by atoms with van der Waals surface area (Å²) in [6, 6.07) is 102. The number of aromatic nitrogens is 2. The van der Waals surface area contributed by atoms with Gasteiger partial charge in [0.2, 0.25) is 0 Å². The standard InChI is InChI=1S/C89H73BN4/c1-56-38-44-79-73(46-56)74-47-57(2)39-45-80(74)92(79)66-41-43-76-82(55-66)94(87-71(61-30-18-12-19-31-61)52-64(89(7,8)9)53-72(87)62-32-20-13-21-33-62)84-49-58(3)48-83-85(84)90(76)75-42-40-65(91-77-36-24-22-34-67(77)68-35-23-25-37-78(68)91)54-81(75)93(83)86-69(59-26-14-10-15-27-59)50-63(88(4,5)6)51-70(86)60-28-16-11-17-29-60/h10-55H,1-9H3/i3D3. The molecule has 5 heteroatoms. The fourth-order valence-electron chi connectivity index (χ4n) is 15.4. The Hall–Kier alpha value is -10.9. The van der Waals surface area contributed by atoms with Crippen LogP contribution in [0.25, 0.3) is 99.5 Å². The Kier molecular flexibility index (Phi) is 12.4. The summed E-state index contributed by atoms with van der Waals surface area (Å²) in [7, 11) is 0. The Bertz CT molecular complexity index is 5440. The first kappa shape index (κ1) is 53.8. The molecule has 452 valence electrons. The molecule has 13 aromatic carbocycles. The summed E-state index contributed by atoms with van der Waals surface area (Å²) < 4.78 is 34.4. The molecule has 17 rings (SSSR count). The van der Waals surface area contributed by atoms with Gasteiger partial charge in [0.25, 0.3) is 6.71 Å². The van der Waals surface area contributed by atoms with Crippen molar-refractivity contribution < 1.29 is 4.11 Å². The van der Waals surface area contributed by atoms with Crippen LogP contribution >= 0.6 is 0 Å². The van der Waals surface area contributed by atoms with Crippen molar-refractivity contribution in [2.24, 2.45) is 0 Å². The second kappa shape index (κ2) is 21.6. The number of hydrogen-bond donors (Lipinski definition) is 0. The molecule has 4 heterocycles. The maximum Gasteiger partial charge on any atom is 0.252 e. The predicted octanol–water partition coefficient (Wildman–Crippen LogP) is 22.2. The predicted molar refractivity (Wildman–Crippen MR) is 402 cm³/mol. The van der Waals surface area contributed by atoms with E-state index in [2.05, 4.69) is 341 Å². The quantitative estimate of drug-likeness (QED) is 0.141. The molecule has 0 saturated carbocycles. The number of fused-ring (bicyclic) bond motifs is 10. The van der Waals surface area contributed by atoms with Crippen molar-refractivity contribution in [1.82, 2.24) is 9.13 Å². The lowest BCUT2D eigenvalue weighted by atomic mass is 9.33. The third-order valence-corrected chi connectivity index (χ3v) is 19.9. The summed E-state index contributed by atoms with van der Waals surface area (Å²) in [5.74, 6) is 0. The first-order valence-corrected chi connectivity index (χ1v) is 33.0. The van der Waals surface area contributed by atoms with Crippen molar-refractivity contribution in [2.45, 2.75) is 73.1 Å². The molecule has 0 saturated heterocycles. The van der Waals surface area contributed by atoms with E-state index in [1.807, 2.05) is 12.1 Å². The normalized spacial score (nSPS) is 13.5. The minimum atomic E-state index is -2.56. The molecule has 0 aliphatic carbocycles. The molecule has 0 N–H and O–H groups in total. The SMILES string of the molecule is [2H]C([2H])([2H])c1cc2c3c(c1)N(c1c(-c4ccccc4)cc(C(C)(C)C)cc1-c1ccccc1)c1cc(-n4c5ccc(C)cc5c5cc(C)ccc54)ccc1B3c1ccc(-n3c4ccccc4c4ccccc43)cc1N2c1c(-c2ccccc2)cc(C(C)(C)C)cc1-c1ccccc1. The van der Waals surface area contributed by atoms with Crippen LogP contribution in [0.2, 0.25) is 0 Å². The van der Waals surface area contributed by atoms with E-state index in [9.17, 15) is 4.11 Å². The highest BCUT2D eigenvalue weighted by molar-refractivity contribution is 7.00. The minimum Gasteiger partial charge on any atom is -0.310 e. The summed E-state index contributed by atoms with van der Waals surface area (Å²) in [5, 5.41) is 4.74. The van der Waals surface area contributed by atoms with E-state index in [0.717, 1.165) is 128 Å². The number of aryl methyl sites for hydroxylation is 3. The van der Waals surface area contributed by atoms with Crippen molar-refractivity contribution in [3.8, 4) is 55.9 Å². The van der Waals surface area contributed by atoms with Crippen LogP contribution in [0.1, 0.15) is 73.5 Å². The van der Waals surface area contributed by atoms with Gasteiger partial charge in [-0.05, 0) is 184 Å². The van der Waals surface area contributed by atoms with Gasteiger partial charge in [0.05, 0.1) is 33.4 Å². The zero-order valence-electron chi connectivity index (χ0n) is 57.4. The third-order valence-electron chi connectivity index (χ3n) is 19.9. The molecule has 0 spiro atoms.